The van der Waals surface area contributed by atoms with Crippen LogP contribution in [0.4, 0.5) is 10.6 Å². The number of rotatable bonds is 5. The predicted molar refractivity (Wildman–Crippen MR) is 99.4 cm³/mol. The number of carboxylic acid groups (broad SMARTS) is 1. The Hall–Kier alpha value is -2.31. The molecular formula is C18H21ClN4O2. The molecule has 1 saturated heterocycles. The first kappa shape index (κ1) is 17.5. The summed E-state index contributed by atoms with van der Waals surface area (Å²) < 4.78 is 0. The third-order valence-electron chi connectivity index (χ3n) is 4.26. The monoisotopic (exact) mass is 360 g/mol. The van der Waals surface area contributed by atoms with Crippen LogP contribution in [-0.4, -0.2) is 60.4 Å². The first-order valence-corrected chi connectivity index (χ1v) is 8.67. The number of carbonyl (C=O) groups is 1. The number of amides is 1. The number of piperazine rings is 1. The van der Waals surface area contributed by atoms with Gasteiger partial charge in [0.15, 0.2) is 0 Å². The summed E-state index contributed by atoms with van der Waals surface area (Å²) in [5, 5.41) is 11.7. The van der Waals surface area contributed by atoms with E-state index in [9.17, 15) is 4.79 Å². The van der Waals surface area contributed by atoms with E-state index in [2.05, 4.69) is 15.1 Å². The van der Waals surface area contributed by atoms with Crippen LogP contribution in [0.1, 0.15) is 0 Å². The van der Waals surface area contributed by atoms with Gasteiger partial charge in [-0.25, -0.2) is 9.78 Å². The second-order valence-electron chi connectivity index (χ2n) is 5.95. The number of nitrogens with one attached hydrogen (secondary N) is 1. The van der Waals surface area contributed by atoms with Crippen LogP contribution in [0.3, 0.4) is 0 Å². The molecule has 0 radical (unpaired) electrons. The summed E-state index contributed by atoms with van der Waals surface area (Å²) in [6, 6.07) is 13.7. The fourth-order valence-corrected chi connectivity index (χ4v) is 3.12. The Balaban J connectivity index is 1.60. The van der Waals surface area contributed by atoms with E-state index < -0.39 is 6.09 Å². The molecule has 1 aromatic heterocycles. The van der Waals surface area contributed by atoms with Crippen LogP contribution in [0.25, 0.3) is 11.3 Å². The van der Waals surface area contributed by atoms with Crippen LogP contribution in [0.2, 0.25) is 5.02 Å². The van der Waals surface area contributed by atoms with E-state index in [0.29, 0.717) is 11.6 Å². The van der Waals surface area contributed by atoms with Crippen molar-refractivity contribution in [1.82, 2.24) is 15.2 Å². The van der Waals surface area contributed by atoms with Gasteiger partial charge in [0.2, 0.25) is 0 Å². The zero-order valence-electron chi connectivity index (χ0n) is 13.9. The van der Waals surface area contributed by atoms with Crippen molar-refractivity contribution in [3.63, 3.8) is 0 Å². The average molecular weight is 361 g/mol. The summed E-state index contributed by atoms with van der Waals surface area (Å²) in [7, 11) is 0. The highest BCUT2D eigenvalue weighted by molar-refractivity contribution is 6.30. The van der Waals surface area contributed by atoms with E-state index in [4.69, 9.17) is 21.7 Å². The number of pyridine rings is 1. The number of aromatic nitrogens is 1. The van der Waals surface area contributed by atoms with Gasteiger partial charge >= 0.3 is 6.09 Å². The van der Waals surface area contributed by atoms with Gasteiger partial charge in [0.05, 0.1) is 5.69 Å². The quantitative estimate of drug-likeness (QED) is 0.858. The molecule has 0 saturated carbocycles. The number of benzene rings is 1. The fraction of sp³-hybridized carbons (Fsp3) is 0.333. The van der Waals surface area contributed by atoms with E-state index in [1.54, 1.807) is 0 Å². The van der Waals surface area contributed by atoms with Crippen LogP contribution in [0.15, 0.2) is 42.5 Å². The third kappa shape index (κ3) is 4.84. The molecule has 0 aliphatic carbocycles. The summed E-state index contributed by atoms with van der Waals surface area (Å²) in [6.45, 7) is 4.72. The van der Waals surface area contributed by atoms with Gasteiger partial charge in [-0.1, -0.05) is 29.8 Å². The molecule has 2 heterocycles. The lowest BCUT2D eigenvalue weighted by molar-refractivity contribution is 0.190. The van der Waals surface area contributed by atoms with Gasteiger partial charge in [-0.2, -0.15) is 0 Å². The van der Waals surface area contributed by atoms with Gasteiger partial charge in [-0.05, 0) is 24.3 Å². The smallest absolute Gasteiger partial charge is 0.404 e. The largest absolute Gasteiger partial charge is 0.465 e. The number of anilines is 1. The number of nitrogens with zero attached hydrogens (tertiary/aromatic N) is 3. The molecule has 1 aliphatic heterocycles. The molecule has 0 atom stereocenters. The molecule has 3 rings (SSSR count). The molecule has 1 fully saturated rings. The molecule has 0 bridgehead atoms. The van der Waals surface area contributed by atoms with Crippen molar-refractivity contribution in [2.75, 3.05) is 44.2 Å². The van der Waals surface area contributed by atoms with E-state index in [1.165, 1.54) is 0 Å². The fourth-order valence-electron chi connectivity index (χ4n) is 2.93. The summed E-state index contributed by atoms with van der Waals surface area (Å²) in [5.74, 6) is 0.959. The van der Waals surface area contributed by atoms with Crippen LogP contribution < -0.4 is 10.2 Å². The molecule has 25 heavy (non-hydrogen) atoms. The van der Waals surface area contributed by atoms with Crippen LogP contribution in [-0.2, 0) is 0 Å². The lowest BCUT2D eigenvalue weighted by Gasteiger charge is -2.35. The minimum absolute atomic E-state index is 0.456. The molecule has 132 valence electrons. The van der Waals surface area contributed by atoms with Gasteiger partial charge in [-0.3, -0.25) is 4.90 Å². The van der Waals surface area contributed by atoms with Gasteiger partial charge in [0.25, 0.3) is 0 Å². The van der Waals surface area contributed by atoms with Crippen LogP contribution in [0.5, 0.6) is 0 Å². The highest BCUT2D eigenvalue weighted by Crippen LogP contribution is 2.23. The minimum atomic E-state index is -0.972. The normalized spacial score (nSPS) is 15.2. The summed E-state index contributed by atoms with van der Waals surface area (Å²) in [6.07, 6.45) is -0.972. The molecule has 0 spiro atoms. The zero-order valence-corrected chi connectivity index (χ0v) is 14.6. The lowest BCUT2D eigenvalue weighted by Crippen LogP contribution is -2.48. The molecule has 2 aromatic rings. The van der Waals surface area contributed by atoms with Gasteiger partial charge < -0.3 is 15.3 Å². The average Bonchev–Trinajstić information content (AvgIpc) is 2.62. The number of halogens is 1. The predicted octanol–water partition coefficient (Wildman–Crippen LogP) is 2.79. The van der Waals surface area contributed by atoms with Crippen molar-refractivity contribution in [3.05, 3.63) is 47.5 Å². The SMILES string of the molecule is O=C(O)NCCN1CCN(c2cccc(-c3cccc(Cl)c3)n2)CC1. The van der Waals surface area contributed by atoms with Crippen LogP contribution >= 0.6 is 11.6 Å². The summed E-state index contributed by atoms with van der Waals surface area (Å²) in [4.78, 5) is 19.8. The van der Waals surface area contributed by atoms with Crippen molar-refractivity contribution in [2.45, 2.75) is 0 Å². The lowest BCUT2D eigenvalue weighted by atomic mass is 10.1. The maximum atomic E-state index is 10.5. The molecule has 6 nitrogen and oxygen atoms in total. The third-order valence-corrected chi connectivity index (χ3v) is 4.49. The van der Waals surface area contributed by atoms with E-state index in [-0.39, 0.29) is 0 Å². The Morgan fingerprint density at radius 1 is 1.16 bits per heavy atom. The standard InChI is InChI=1S/C18H21ClN4O2/c19-15-4-1-3-14(13-15)16-5-2-6-17(21-16)23-11-9-22(10-12-23)8-7-20-18(24)25/h1-6,13,20H,7-12H2,(H,24,25). The second-order valence-corrected chi connectivity index (χ2v) is 6.39. The Morgan fingerprint density at radius 3 is 2.64 bits per heavy atom. The highest BCUT2D eigenvalue weighted by Gasteiger charge is 2.18. The maximum Gasteiger partial charge on any atom is 0.404 e. The molecule has 7 heteroatoms. The van der Waals surface area contributed by atoms with Crippen LogP contribution in [0, 0.1) is 0 Å². The molecule has 0 unspecified atom stereocenters. The maximum absolute atomic E-state index is 10.5. The zero-order chi connectivity index (χ0) is 17.6. The first-order chi connectivity index (χ1) is 12.1. The molecular weight excluding hydrogens is 340 g/mol. The van der Waals surface area contributed by atoms with Crippen molar-refractivity contribution >= 4 is 23.5 Å². The van der Waals surface area contributed by atoms with Gasteiger partial charge in [0, 0.05) is 49.9 Å². The summed E-state index contributed by atoms with van der Waals surface area (Å²) >= 11 is 6.07. The second kappa shape index (κ2) is 8.18. The molecule has 1 aromatic carbocycles. The molecule has 1 aliphatic rings. The van der Waals surface area contributed by atoms with Crippen molar-refractivity contribution in [1.29, 1.82) is 0 Å². The first-order valence-electron chi connectivity index (χ1n) is 8.29. The molecule has 1 amide bonds. The summed E-state index contributed by atoms with van der Waals surface area (Å²) in [5.41, 5.74) is 1.92. The topological polar surface area (TPSA) is 68.7 Å². The van der Waals surface area contributed by atoms with E-state index in [0.717, 1.165) is 49.8 Å². The Labute approximate surface area is 152 Å². The highest BCUT2D eigenvalue weighted by atomic mass is 35.5. The molecule has 2 N–H and O–H groups in total. The van der Waals surface area contributed by atoms with E-state index in [1.807, 2.05) is 42.5 Å². The Kier molecular flexibility index (Phi) is 5.73. The Morgan fingerprint density at radius 2 is 1.92 bits per heavy atom. The number of hydrogen-bond donors (Lipinski definition) is 2. The van der Waals surface area contributed by atoms with Gasteiger partial charge in [-0.15, -0.1) is 0 Å². The Bertz CT molecular complexity index is 733. The van der Waals surface area contributed by atoms with Gasteiger partial charge in [0.1, 0.15) is 5.82 Å². The van der Waals surface area contributed by atoms with Crippen molar-refractivity contribution < 1.29 is 9.90 Å². The number of hydrogen-bond acceptors (Lipinski definition) is 4. The minimum Gasteiger partial charge on any atom is -0.465 e. The van der Waals surface area contributed by atoms with Crippen molar-refractivity contribution in [2.24, 2.45) is 0 Å². The van der Waals surface area contributed by atoms with E-state index >= 15 is 0 Å². The van der Waals surface area contributed by atoms with Crippen molar-refractivity contribution in [3.8, 4) is 11.3 Å².